The molecule has 1 aromatic carbocycles. The number of nitro groups is 1. The average molecular weight is 456 g/mol. The van der Waals surface area contributed by atoms with Gasteiger partial charge in [-0.2, -0.15) is 18.2 Å². The van der Waals surface area contributed by atoms with Crippen molar-refractivity contribution in [1.82, 2.24) is 9.97 Å². The average Bonchev–Trinajstić information content (AvgIpc) is 2.75. The van der Waals surface area contributed by atoms with E-state index in [9.17, 15) is 27.7 Å². The number of nitrogens with two attached hydrogens (primary N) is 1. The number of nitrogens with one attached hydrogen (secondary N) is 2. The Labute approximate surface area is 181 Å². The Bertz CT molecular complexity index is 948. The van der Waals surface area contributed by atoms with E-state index in [-0.39, 0.29) is 23.0 Å². The van der Waals surface area contributed by atoms with Crippen molar-refractivity contribution in [2.24, 2.45) is 17.6 Å². The van der Waals surface area contributed by atoms with E-state index in [0.29, 0.717) is 31.0 Å². The predicted octanol–water partition coefficient (Wildman–Crippen LogP) is 4.33. The summed E-state index contributed by atoms with van der Waals surface area (Å²) in [6, 6.07) is 2.17. The van der Waals surface area contributed by atoms with Gasteiger partial charge in [-0.3, -0.25) is 10.1 Å². The second-order valence-corrected chi connectivity index (χ2v) is 7.84. The van der Waals surface area contributed by atoms with Gasteiger partial charge in [0.15, 0.2) is 0 Å². The Morgan fingerprint density at radius 1 is 1.16 bits per heavy atom. The number of benzene rings is 1. The maximum Gasteiger partial charge on any atom is 0.416 e. The predicted molar refractivity (Wildman–Crippen MR) is 110 cm³/mol. The fraction of sp³-hybridized carbons (Fsp3) is 0.500. The van der Waals surface area contributed by atoms with Crippen molar-refractivity contribution in [3.63, 3.8) is 0 Å². The van der Waals surface area contributed by atoms with Gasteiger partial charge in [0.2, 0.25) is 11.8 Å². The molecule has 1 aliphatic rings. The van der Waals surface area contributed by atoms with Gasteiger partial charge in [0, 0.05) is 13.1 Å². The summed E-state index contributed by atoms with van der Waals surface area (Å²) < 4.78 is 53.0. The van der Waals surface area contributed by atoms with Gasteiger partial charge in [0.25, 0.3) is 0 Å². The molecule has 174 valence electrons. The summed E-state index contributed by atoms with van der Waals surface area (Å²) in [5, 5.41) is 16.9. The van der Waals surface area contributed by atoms with Crippen molar-refractivity contribution in [1.29, 1.82) is 0 Å². The lowest BCUT2D eigenvalue weighted by Gasteiger charge is -2.27. The molecule has 1 fully saturated rings. The Kier molecular flexibility index (Phi) is 7.44. The first kappa shape index (κ1) is 23.6. The van der Waals surface area contributed by atoms with Crippen molar-refractivity contribution in [3.8, 4) is 0 Å². The second-order valence-electron chi connectivity index (χ2n) is 7.84. The van der Waals surface area contributed by atoms with E-state index < -0.39 is 29.0 Å². The lowest BCUT2D eigenvalue weighted by Crippen LogP contribution is -2.25. The number of halogens is 4. The first-order chi connectivity index (χ1) is 15.2. The fourth-order valence-corrected chi connectivity index (χ4v) is 3.80. The van der Waals surface area contributed by atoms with Crippen molar-refractivity contribution in [2.75, 3.05) is 23.7 Å². The Morgan fingerprint density at radius 2 is 1.84 bits per heavy atom. The second kappa shape index (κ2) is 10.1. The SMILES string of the molecule is NCC1CCC(CNc2nc(NCc3cc(F)ccc3C(F)(F)F)ncc2[N+](=O)[O-])CC1. The van der Waals surface area contributed by atoms with Gasteiger partial charge < -0.3 is 16.4 Å². The van der Waals surface area contributed by atoms with Crippen LogP contribution in [0.5, 0.6) is 0 Å². The lowest BCUT2D eigenvalue weighted by molar-refractivity contribution is -0.384. The van der Waals surface area contributed by atoms with Crippen molar-refractivity contribution >= 4 is 17.5 Å². The topological polar surface area (TPSA) is 119 Å². The van der Waals surface area contributed by atoms with Gasteiger partial charge in [0.05, 0.1) is 10.5 Å². The molecule has 0 amide bonds. The third-order valence-corrected chi connectivity index (χ3v) is 5.63. The minimum Gasteiger partial charge on any atom is -0.364 e. The zero-order chi connectivity index (χ0) is 23.3. The van der Waals surface area contributed by atoms with E-state index >= 15 is 0 Å². The van der Waals surface area contributed by atoms with Crippen molar-refractivity contribution in [2.45, 2.75) is 38.4 Å². The highest BCUT2D eigenvalue weighted by Crippen LogP contribution is 2.33. The highest BCUT2D eigenvalue weighted by molar-refractivity contribution is 5.57. The van der Waals surface area contributed by atoms with E-state index in [1.54, 1.807) is 0 Å². The first-order valence-electron chi connectivity index (χ1n) is 10.2. The first-order valence-corrected chi connectivity index (χ1v) is 10.2. The summed E-state index contributed by atoms with van der Waals surface area (Å²) in [5.74, 6) is -0.137. The molecule has 0 radical (unpaired) electrons. The van der Waals surface area contributed by atoms with Crippen LogP contribution in [0, 0.1) is 27.8 Å². The van der Waals surface area contributed by atoms with Gasteiger partial charge in [-0.15, -0.1) is 0 Å². The molecule has 32 heavy (non-hydrogen) atoms. The number of anilines is 2. The van der Waals surface area contributed by atoms with E-state index in [1.165, 1.54) is 0 Å². The van der Waals surface area contributed by atoms with Gasteiger partial charge in [-0.05, 0) is 67.8 Å². The summed E-state index contributed by atoms with van der Waals surface area (Å²) in [4.78, 5) is 18.6. The Balaban J connectivity index is 1.71. The monoisotopic (exact) mass is 456 g/mol. The number of hydrogen-bond donors (Lipinski definition) is 3. The maximum absolute atomic E-state index is 13.5. The van der Waals surface area contributed by atoms with Crippen LogP contribution in [-0.4, -0.2) is 28.0 Å². The van der Waals surface area contributed by atoms with Gasteiger partial charge >= 0.3 is 11.9 Å². The molecule has 0 atom stereocenters. The molecule has 3 rings (SSSR count). The van der Waals surface area contributed by atoms with Gasteiger partial charge in [-0.1, -0.05) is 0 Å². The largest absolute Gasteiger partial charge is 0.416 e. The van der Waals surface area contributed by atoms with Crippen LogP contribution in [0.4, 0.5) is 35.0 Å². The third kappa shape index (κ3) is 6.02. The summed E-state index contributed by atoms with van der Waals surface area (Å²) in [5.41, 5.74) is 4.04. The van der Waals surface area contributed by atoms with Crippen LogP contribution in [-0.2, 0) is 12.7 Å². The van der Waals surface area contributed by atoms with Gasteiger partial charge in [0.1, 0.15) is 12.0 Å². The highest BCUT2D eigenvalue weighted by Gasteiger charge is 2.33. The van der Waals surface area contributed by atoms with Crippen LogP contribution >= 0.6 is 0 Å². The summed E-state index contributed by atoms with van der Waals surface area (Å²) in [7, 11) is 0. The quantitative estimate of drug-likeness (QED) is 0.307. The van der Waals surface area contributed by atoms with Crippen LogP contribution in [0.15, 0.2) is 24.4 Å². The number of alkyl halides is 3. The molecule has 1 aromatic heterocycles. The summed E-state index contributed by atoms with van der Waals surface area (Å²) in [6.45, 7) is 0.706. The molecule has 1 saturated carbocycles. The molecule has 1 aliphatic carbocycles. The minimum absolute atomic E-state index is 0.0243. The van der Waals surface area contributed by atoms with Gasteiger partial charge in [-0.25, -0.2) is 9.37 Å². The summed E-state index contributed by atoms with van der Waals surface area (Å²) in [6.07, 6.45) is 0.209. The molecule has 0 spiro atoms. The number of hydrogen-bond acceptors (Lipinski definition) is 7. The Hall–Kier alpha value is -3.02. The fourth-order valence-electron chi connectivity index (χ4n) is 3.80. The normalized spacial score (nSPS) is 18.9. The van der Waals surface area contributed by atoms with E-state index in [4.69, 9.17) is 5.73 Å². The highest BCUT2D eigenvalue weighted by atomic mass is 19.4. The van der Waals surface area contributed by atoms with Crippen LogP contribution < -0.4 is 16.4 Å². The molecule has 12 heteroatoms. The number of nitrogens with zero attached hydrogens (tertiary/aromatic N) is 3. The summed E-state index contributed by atoms with van der Waals surface area (Å²) >= 11 is 0. The molecule has 0 aliphatic heterocycles. The third-order valence-electron chi connectivity index (χ3n) is 5.63. The molecule has 1 heterocycles. The molecular formula is C20H24F4N6O2. The zero-order valence-electron chi connectivity index (χ0n) is 17.2. The number of aromatic nitrogens is 2. The standard InChI is InChI=1S/C20H24F4N6O2/c21-15-5-6-16(20(22,23)24)14(7-15)10-27-19-28-11-17(30(31)32)18(29-19)26-9-13-3-1-12(8-25)2-4-13/h5-7,11-13H,1-4,8-10,25H2,(H2,26,27,28,29). The molecule has 0 bridgehead atoms. The van der Waals surface area contributed by atoms with Crippen LogP contribution in [0.1, 0.15) is 36.8 Å². The smallest absolute Gasteiger partial charge is 0.364 e. The lowest BCUT2D eigenvalue weighted by atomic mass is 9.82. The molecule has 0 saturated heterocycles. The molecule has 4 N–H and O–H groups in total. The molecular weight excluding hydrogens is 432 g/mol. The van der Waals surface area contributed by atoms with Crippen molar-refractivity contribution < 1.29 is 22.5 Å². The van der Waals surface area contributed by atoms with E-state index in [0.717, 1.165) is 44.0 Å². The maximum atomic E-state index is 13.5. The van der Waals surface area contributed by atoms with Crippen LogP contribution in [0.3, 0.4) is 0 Å². The van der Waals surface area contributed by atoms with E-state index in [1.807, 2.05) is 0 Å². The molecule has 8 nitrogen and oxygen atoms in total. The Morgan fingerprint density at radius 3 is 2.47 bits per heavy atom. The van der Waals surface area contributed by atoms with Crippen molar-refractivity contribution in [3.05, 3.63) is 51.5 Å². The zero-order valence-corrected chi connectivity index (χ0v) is 17.2. The van der Waals surface area contributed by atoms with E-state index in [2.05, 4.69) is 20.6 Å². The number of rotatable bonds is 8. The van der Waals surface area contributed by atoms with Crippen LogP contribution in [0.2, 0.25) is 0 Å². The van der Waals surface area contributed by atoms with Crippen LogP contribution in [0.25, 0.3) is 0 Å². The minimum atomic E-state index is -4.66. The molecule has 2 aromatic rings. The molecule has 0 unspecified atom stereocenters.